The average Bonchev–Trinajstić information content (AvgIpc) is 3.30. The number of nitrogens with one attached hydrogen (secondary N) is 1. The molecule has 0 saturated carbocycles. The summed E-state index contributed by atoms with van der Waals surface area (Å²) in [5, 5.41) is 23.2. The molecule has 1 aromatic heterocycles. The molecule has 5 aromatic rings. The summed E-state index contributed by atoms with van der Waals surface area (Å²) < 4.78 is 7.62. The standard InChI is InChI=1S/C32H34N4O2/c1-38-32-14-13-25(27-11-4-5-12-28(27)32)21-35-16-15-31-29(22-35)30(34-36(31)17-18-37)20-33-19-24-9-6-8-23-7-2-3-10-26(23)24/h2-14,33,37H,15-22H2,1H3. The molecule has 0 saturated heterocycles. The zero-order chi connectivity index (χ0) is 25.9. The van der Waals surface area contributed by atoms with Gasteiger partial charge in [-0.05, 0) is 33.4 Å². The summed E-state index contributed by atoms with van der Waals surface area (Å²) in [6, 6.07) is 27.7. The molecule has 0 bridgehead atoms. The number of rotatable bonds is 9. The minimum absolute atomic E-state index is 0.0958. The maximum absolute atomic E-state index is 9.65. The summed E-state index contributed by atoms with van der Waals surface area (Å²) in [4.78, 5) is 2.51. The van der Waals surface area contributed by atoms with E-state index in [1.54, 1.807) is 7.11 Å². The third kappa shape index (κ3) is 4.78. The zero-order valence-electron chi connectivity index (χ0n) is 21.9. The lowest BCUT2D eigenvalue weighted by Crippen LogP contribution is -2.31. The van der Waals surface area contributed by atoms with Crippen LogP contribution in [0, 0.1) is 0 Å². The van der Waals surface area contributed by atoms with Gasteiger partial charge in [-0.3, -0.25) is 9.58 Å². The summed E-state index contributed by atoms with van der Waals surface area (Å²) in [6.45, 7) is 4.80. The second-order valence-corrected chi connectivity index (χ2v) is 9.99. The maximum Gasteiger partial charge on any atom is 0.126 e. The Bertz CT molecular complexity index is 1570. The number of aliphatic hydroxyl groups excluding tert-OH is 1. The number of methoxy groups -OCH3 is 1. The van der Waals surface area contributed by atoms with Gasteiger partial charge in [0.25, 0.3) is 0 Å². The van der Waals surface area contributed by atoms with Gasteiger partial charge >= 0.3 is 0 Å². The normalized spacial score (nSPS) is 13.7. The van der Waals surface area contributed by atoms with Crippen LogP contribution in [0.5, 0.6) is 5.75 Å². The number of hydrogen-bond acceptors (Lipinski definition) is 5. The van der Waals surface area contributed by atoms with E-state index in [1.807, 2.05) is 4.68 Å². The van der Waals surface area contributed by atoms with E-state index in [2.05, 4.69) is 89.1 Å². The third-order valence-electron chi connectivity index (χ3n) is 7.68. The van der Waals surface area contributed by atoms with Gasteiger partial charge in [-0.2, -0.15) is 5.10 Å². The van der Waals surface area contributed by atoms with Crippen molar-refractivity contribution in [3.8, 4) is 5.75 Å². The highest BCUT2D eigenvalue weighted by atomic mass is 16.5. The lowest BCUT2D eigenvalue weighted by molar-refractivity contribution is 0.236. The third-order valence-corrected chi connectivity index (χ3v) is 7.68. The molecule has 1 aliphatic rings. The van der Waals surface area contributed by atoms with Crippen LogP contribution in [0.2, 0.25) is 0 Å². The molecule has 0 unspecified atom stereocenters. The first-order chi connectivity index (χ1) is 18.7. The van der Waals surface area contributed by atoms with Gasteiger partial charge in [0.15, 0.2) is 0 Å². The van der Waals surface area contributed by atoms with E-state index in [1.165, 1.54) is 38.5 Å². The van der Waals surface area contributed by atoms with Crippen LogP contribution in [0.25, 0.3) is 21.5 Å². The van der Waals surface area contributed by atoms with Crippen LogP contribution in [0.15, 0.2) is 78.9 Å². The minimum atomic E-state index is 0.0958. The maximum atomic E-state index is 9.65. The Balaban J connectivity index is 1.21. The van der Waals surface area contributed by atoms with Crippen molar-refractivity contribution >= 4 is 21.5 Å². The first-order valence-electron chi connectivity index (χ1n) is 13.4. The van der Waals surface area contributed by atoms with Gasteiger partial charge in [-0.1, -0.05) is 72.8 Å². The number of fused-ring (bicyclic) bond motifs is 3. The number of nitrogens with zero attached hydrogens (tertiary/aromatic N) is 3. The molecule has 6 rings (SSSR count). The molecule has 1 aliphatic heterocycles. The smallest absolute Gasteiger partial charge is 0.126 e. The van der Waals surface area contributed by atoms with Gasteiger partial charge in [0.05, 0.1) is 26.0 Å². The van der Waals surface area contributed by atoms with Crippen molar-refractivity contribution < 1.29 is 9.84 Å². The van der Waals surface area contributed by atoms with Crippen LogP contribution in [-0.2, 0) is 39.1 Å². The van der Waals surface area contributed by atoms with Gasteiger partial charge in [0, 0.05) is 55.8 Å². The van der Waals surface area contributed by atoms with Crippen LogP contribution < -0.4 is 10.1 Å². The quantitative estimate of drug-likeness (QED) is 0.293. The fourth-order valence-corrected chi connectivity index (χ4v) is 5.83. The van der Waals surface area contributed by atoms with Crippen LogP contribution in [0.3, 0.4) is 0 Å². The summed E-state index contributed by atoms with van der Waals surface area (Å²) in [5.41, 5.74) is 6.24. The fraction of sp³-hybridized carbons (Fsp3) is 0.281. The molecule has 0 amide bonds. The number of aromatic nitrogens is 2. The molecule has 0 fully saturated rings. The van der Waals surface area contributed by atoms with Gasteiger partial charge in [0.2, 0.25) is 0 Å². The van der Waals surface area contributed by atoms with Crippen molar-refractivity contribution in [3.63, 3.8) is 0 Å². The summed E-state index contributed by atoms with van der Waals surface area (Å²) >= 11 is 0. The second kappa shape index (κ2) is 11.0. The van der Waals surface area contributed by atoms with E-state index in [9.17, 15) is 5.11 Å². The Morgan fingerprint density at radius 1 is 0.868 bits per heavy atom. The number of benzene rings is 4. The first kappa shape index (κ1) is 24.6. The van der Waals surface area contributed by atoms with E-state index in [-0.39, 0.29) is 6.61 Å². The molecule has 6 nitrogen and oxygen atoms in total. The molecule has 2 N–H and O–H groups in total. The van der Waals surface area contributed by atoms with Crippen LogP contribution in [0.1, 0.15) is 28.1 Å². The van der Waals surface area contributed by atoms with Crippen molar-refractivity contribution in [1.82, 2.24) is 20.0 Å². The SMILES string of the molecule is COc1ccc(CN2CCc3c(c(CNCc4cccc5ccccc45)nn3CCO)C2)c2ccccc12. The minimum Gasteiger partial charge on any atom is -0.496 e. The first-order valence-corrected chi connectivity index (χ1v) is 13.4. The van der Waals surface area contributed by atoms with Crippen molar-refractivity contribution in [2.45, 2.75) is 39.1 Å². The predicted octanol–water partition coefficient (Wildman–Crippen LogP) is 5.04. The van der Waals surface area contributed by atoms with Crippen molar-refractivity contribution in [2.75, 3.05) is 20.3 Å². The van der Waals surface area contributed by atoms with Gasteiger partial charge < -0.3 is 15.2 Å². The van der Waals surface area contributed by atoms with Gasteiger partial charge in [-0.15, -0.1) is 0 Å². The van der Waals surface area contributed by atoms with E-state index < -0.39 is 0 Å². The van der Waals surface area contributed by atoms with Crippen LogP contribution in [0.4, 0.5) is 0 Å². The zero-order valence-corrected chi connectivity index (χ0v) is 21.9. The molecule has 6 heteroatoms. The molecule has 4 aromatic carbocycles. The molecule has 2 heterocycles. The van der Waals surface area contributed by atoms with E-state index in [4.69, 9.17) is 9.84 Å². The van der Waals surface area contributed by atoms with Crippen LogP contribution in [-0.4, -0.2) is 40.0 Å². The van der Waals surface area contributed by atoms with Crippen molar-refractivity contribution in [2.24, 2.45) is 0 Å². The highest BCUT2D eigenvalue weighted by Crippen LogP contribution is 2.31. The monoisotopic (exact) mass is 506 g/mol. The van der Waals surface area contributed by atoms with Crippen molar-refractivity contribution in [1.29, 1.82) is 0 Å². The predicted molar refractivity (Wildman–Crippen MR) is 152 cm³/mol. The van der Waals surface area contributed by atoms with E-state index in [0.717, 1.165) is 49.4 Å². The Hall–Kier alpha value is -3.71. The fourth-order valence-electron chi connectivity index (χ4n) is 5.83. The van der Waals surface area contributed by atoms with Crippen molar-refractivity contribution in [3.05, 3.63) is 107 Å². The lowest BCUT2D eigenvalue weighted by atomic mass is 10.0. The Morgan fingerprint density at radius 2 is 1.66 bits per heavy atom. The summed E-state index contributed by atoms with van der Waals surface area (Å²) in [7, 11) is 1.73. The molecule has 194 valence electrons. The second-order valence-electron chi connectivity index (χ2n) is 9.99. The number of aliphatic hydroxyl groups is 1. The molecular weight excluding hydrogens is 472 g/mol. The largest absolute Gasteiger partial charge is 0.496 e. The Kier molecular flexibility index (Phi) is 7.10. The molecule has 0 atom stereocenters. The highest BCUT2D eigenvalue weighted by molar-refractivity contribution is 5.91. The Morgan fingerprint density at radius 3 is 2.50 bits per heavy atom. The van der Waals surface area contributed by atoms with Gasteiger partial charge in [0.1, 0.15) is 5.75 Å². The van der Waals surface area contributed by atoms with E-state index in [0.29, 0.717) is 13.1 Å². The Labute approximate surface area is 223 Å². The summed E-state index contributed by atoms with van der Waals surface area (Å²) in [5.74, 6) is 0.912. The topological polar surface area (TPSA) is 62.5 Å². The highest BCUT2D eigenvalue weighted by Gasteiger charge is 2.25. The summed E-state index contributed by atoms with van der Waals surface area (Å²) in [6.07, 6.45) is 0.930. The lowest BCUT2D eigenvalue weighted by Gasteiger charge is -2.28. The average molecular weight is 507 g/mol. The molecule has 0 radical (unpaired) electrons. The molecule has 38 heavy (non-hydrogen) atoms. The molecular formula is C32H34N4O2. The molecule has 0 aliphatic carbocycles. The number of hydrogen-bond donors (Lipinski definition) is 2. The number of ether oxygens (including phenoxy) is 1. The molecule has 0 spiro atoms. The van der Waals surface area contributed by atoms with E-state index >= 15 is 0 Å². The van der Waals surface area contributed by atoms with Crippen LogP contribution >= 0.6 is 0 Å². The van der Waals surface area contributed by atoms with Gasteiger partial charge in [-0.25, -0.2) is 0 Å².